The first-order valence-corrected chi connectivity index (χ1v) is 6.92. The Balaban J connectivity index is 1.79. The molecule has 1 unspecified atom stereocenters. The van der Waals surface area contributed by atoms with E-state index in [2.05, 4.69) is 43.3 Å². The Bertz CT molecular complexity index is 678. The third kappa shape index (κ3) is 2.41. The van der Waals surface area contributed by atoms with Crippen molar-refractivity contribution in [3.63, 3.8) is 0 Å². The summed E-state index contributed by atoms with van der Waals surface area (Å²) in [4.78, 5) is 0. The van der Waals surface area contributed by atoms with Gasteiger partial charge in [0.25, 0.3) is 0 Å². The van der Waals surface area contributed by atoms with Gasteiger partial charge in [0.15, 0.2) is 0 Å². The molecule has 0 aliphatic heterocycles. The number of rotatable bonds is 4. The summed E-state index contributed by atoms with van der Waals surface area (Å²) in [5, 5.41) is 8.88. The standard InChI is InChI=1S/C16H19N3O/c1-11(2)19-10-14(9-17-19)18-12(3)16-8-13-6-4-5-7-15(13)20-16/h4-12,18H,1-3H3. The molecule has 0 bridgehead atoms. The van der Waals surface area contributed by atoms with Gasteiger partial charge in [-0.3, -0.25) is 4.68 Å². The number of nitrogens with one attached hydrogen (secondary N) is 1. The van der Waals surface area contributed by atoms with Crippen LogP contribution < -0.4 is 5.32 Å². The van der Waals surface area contributed by atoms with Crippen molar-refractivity contribution in [3.05, 3.63) is 48.5 Å². The first kappa shape index (κ1) is 12.8. The minimum Gasteiger partial charge on any atom is -0.459 e. The van der Waals surface area contributed by atoms with Crippen LogP contribution in [0, 0.1) is 0 Å². The number of aromatic nitrogens is 2. The summed E-state index contributed by atoms with van der Waals surface area (Å²) in [5.74, 6) is 0.934. The van der Waals surface area contributed by atoms with Crippen LogP contribution in [0.4, 0.5) is 5.69 Å². The number of hydrogen-bond donors (Lipinski definition) is 1. The highest BCUT2D eigenvalue weighted by Gasteiger charge is 2.12. The summed E-state index contributed by atoms with van der Waals surface area (Å²) in [5.41, 5.74) is 1.93. The van der Waals surface area contributed by atoms with Crippen LogP contribution in [0.2, 0.25) is 0 Å². The zero-order valence-corrected chi connectivity index (χ0v) is 12.0. The summed E-state index contributed by atoms with van der Waals surface area (Å²) >= 11 is 0. The Morgan fingerprint density at radius 1 is 1.20 bits per heavy atom. The van der Waals surface area contributed by atoms with E-state index in [0.717, 1.165) is 22.4 Å². The van der Waals surface area contributed by atoms with Gasteiger partial charge in [-0.15, -0.1) is 0 Å². The first-order valence-electron chi connectivity index (χ1n) is 6.92. The van der Waals surface area contributed by atoms with E-state index in [0.29, 0.717) is 6.04 Å². The fourth-order valence-electron chi connectivity index (χ4n) is 2.23. The predicted octanol–water partition coefficient (Wildman–Crippen LogP) is 4.38. The van der Waals surface area contributed by atoms with Gasteiger partial charge in [-0.25, -0.2) is 0 Å². The number of para-hydroxylation sites is 1. The Morgan fingerprint density at radius 3 is 2.70 bits per heavy atom. The van der Waals surface area contributed by atoms with Gasteiger partial charge in [0, 0.05) is 17.6 Å². The molecule has 20 heavy (non-hydrogen) atoms. The van der Waals surface area contributed by atoms with Gasteiger partial charge < -0.3 is 9.73 Å². The Hall–Kier alpha value is -2.23. The maximum atomic E-state index is 5.87. The topological polar surface area (TPSA) is 43.0 Å². The van der Waals surface area contributed by atoms with Gasteiger partial charge in [0.2, 0.25) is 0 Å². The fraction of sp³-hybridized carbons (Fsp3) is 0.312. The predicted molar refractivity (Wildman–Crippen MR) is 80.9 cm³/mol. The average Bonchev–Trinajstić information content (AvgIpc) is 3.04. The number of hydrogen-bond acceptors (Lipinski definition) is 3. The van der Waals surface area contributed by atoms with E-state index in [-0.39, 0.29) is 6.04 Å². The molecule has 0 aliphatic carbocycles. The summed E-state index contributed by atoms with van der Waals surface area (Å²) < 4.78 is 7.80. The van der Waals surface area contributed by atoms with E-state index in [4.69, 9.17) is 4.42 Å². The largest absolute Gasteiger partial charge is 0.459 e. The Labute approximate surface area is 118 Å². The lowest BCUT2D eigenvalue weighted by Crippen LogP contribution is -2.05. The lowest BCUT2D eigenvalue weighted by molar-refractivity contribution is 0.525. The van der Waals surface area contributed by atoms with Crippen molar-refractivity contribution >= 4 is 16.7 Å². The minimum atomic E-state index is 0.104. The van der Waals surface area contributed by atoms with Crippen LogP contribution in [-0.2, 0) is 0 Å². The van der Waals surface area contributed by atoms with Gasteiger partial charge in [-0.05, 0) is 32.9 Å². The summed E-state index contributed by atoms with van der Waals surface area (Å²) in [6.07, 6.45) is 3.86. The normalized spacial score (nSPS) is 13.0. The molecule has 3 rings (SSSR count). The van der Waals surface area contributed by atoms with Crippen LogP contribution in [-0.4, -0.2) is 9.78 Å². The SMILES string of the molecule is CC(Nc1cnn(C(C)C)c1)c1cc2ccccc2o1. The smallest absolute Gasteiger partial charge is 0.134 e. The molecular formula is C16H19N3O. The highest BCUT2D eigenvalue weighted by molar-refractivity contribution is 5.77. The van der Waals surface area contributed by atoms with Gasteiger partial charge in [0.1, 0.15) is 11.3 Å². The van der Waals surface area contributed by atoms with Crippen LogP contribution in [0.15, 0.2) is 47.1 Å². The van der Waals surface area contributed by atoms with E-state index in [9.17, 15) is 0 Å². The summed E-state index contributed by atoms with van der Waals surface area (Å²) in [6.45, 7) is 6.31. The van der Waals surface area contributed by atoms with E-state index >= 15 is 0 Å². The van der Waals surface area contributed by atoms with E-state index in [1.807, 2.05) is 35.3 Å². The van der Waals surface area contributed by atoms with Crippen molar-refractivity contribution in [1.29, 1.82) is 0 Å². The molecule has 2 aromatic heterocycles. The third-order valence-electron chi connectivity index (χ3n) is 3.39. The van der Waals surface area contributed by atoms with Crippen molar-refractivity contribution in [3.8, 4) is 0 Å². The van der Waals surface area contributed by atoms with Crippen molar-refractivity contribution in [2.24, 2.45) is 0 Å². The number of anilines is 1. The van der Waals surface area contributed by atoms with Crippen molar-refractivity contribution < 1.29 is 4.42 Å². The molecule has 2 heterocycles. The minimum absolute atomic E-state index is 0.104. The van der Waals surface area contributed by atoms with Crippen LogP contribution in [0.25, 0.3) is 11.0 Å². The molecule has 0 fully saturated rings. The second kappa shape index (κ2) is 5.04. The highest BCUT2D eigenvalue weighted by Crippen LogP contribution is 2.26. The molecule has 0 amide bonds. The van der Waals surface area contributed by atoms with Crippen molar-refractivity contribution in [2.75, 3.05) is 5.32 Å². The van der Waals surface area contributed by atoms with Gasteiger partial charge in [0.05, 0.1) is 17.9 Å². The number of nitrogens with zero attached hydrogens (tertiary/aromatic N) is 2. The molecule has 0 radical (unpaired) electrons. The van der Waals surface area contributed by atoms with E-state index in [1.54, 1.807) is 0 Å². The first-order chi connectivity index (χ1) is 9.63. The highest BCUT2D eigenvalue weighted by atomic mass is 16.3. The van der Waals surface area contributed by atoms with Crippen LogP contribution in [0.1, 0.15) is 38.6 Å². The summed E-state index contributed by atoms with van der Waals surface area (Å²) in [6, 6.07) is 10.6. The van der Waals surface area contributed by atoms with Gasteiger partial charge in [-0.2, -0.15) is 5.10 Å². The number of furan rings is 1. The molecule has 4 nitrogen and oxygen atoms in total. The molecule has 0 aliphatic rings. The average molecular weight is 269 g/mol. The molecule has 0 saturated heterocycles. The molecule has 1 atom stereocenters. The van der Waals surface area contributed by atoms with Gasteiger partial charge in [-0.1, -0.05) is 18.2 Å². The second-order valence-electron chi connectivity index (χ2n) is 5.36. The van der Waals surface area contributed by atoms with Gasteiger partial charge >= 0.3 is 0 Å². The molecule has 0 spiro atoms. The molecule has 0 saturated carbocycles. The number of fused-ring (bicyclic) bond motifs is 1. The van der Waals surface area contributed by atoms with E-state index < -0.39 is 0 Å². The molecule has 104 valence electrons. The lowest BCUT2D eigenvalue weighted by atomic mass is 10.2. The summed E-state index contributed by atoms with van der Waals surface area (Å²) in [7, 11) is 0. The Kier molecular flexibility index (Phi) is 3.22. The number of benzene rings is 1. The quantitative estimate of drug-likeness (QED) is 0.764. The molecule has 4 heteroatoms. The van der Waals surface area contributed by atoms with Crippen molar-refractivity contribution in [1.82, 2.24) is 9.78 Å². The zero-order valence-electron chi connectivity index (χ0n) is 12.0. The zero-order chi connectivity index (χ0) is 14.1. The fourth-order valence-corrected chi connectivity index (χ4v) is 2.23. The second-order valence-corrected chi connectivity index (χ2v) is 5.36. The van der Waals surface area contributed by atoms with Crippen LogP contribution in [0.5, 0.6) is 0 Å². The molecular weight excluding hydrogens is 250 g/mol. The maximum absolute atomic E-state index is 5.87. The lowest BCUT2D eigenvalue weighted by Gasteiger charge is -2.10. The van der Waals surface area contributed by atoms with Crippen LogP contribution in [0.3, 0.4) is 0 Å². The maximum Gasteiger partial charge on any atom is 0.134 e. The molecule has 3 aromatic rings. The van der Waals surface area contributed by atoms with Crippen molar-refractivity contribution in [2.45, 2.75) is 32.9 Å². The molecule has 1 aromatic carbocycles. The monoisotopic (exact) mass is 269 g/mol. The molecule has 1 N–H and O–H groups in total. The van der Waals surface area contributed by atoms with Crippen LogP contribution >= 0.6 is 0 Å². The third-order valence-corrected chi connectivity index (χ3v) is 3.39. The Morgan fingerprint density at radius 2 is 2.00 bits per heavy atom. The van der Waals surface area contributed by atoms with E-state index in [1.165, 1.54) is 0 Å².